The summed E-state index contributed by atoms with van der Waals surface area (Å²) in [5, 5.41) is 10.8. The molecular formula is C17H16FN5OS. The Kier molecular flexibility index (Phi) is 4.99. The lowest BCUT2D eigenvalue weighted by Gasteiger charge is -2.11. The first kappa shape index (κ1) is 17.0. The Labute approximate surface area is 148 Å². The first-order chi connectivity index (χ1) is 12.0. The molecule has 128 valence electrons. The van der Waals surface area contributed by atoms with Gasteiger partial charge in [-0.15, -0.1) is 10.2 Å². The summed E-state index contributed by atoms with van der Waals surface area (Å²) in [6.45, 7) is 1.76. The maximum atomic E-state index is 13.0. The summed E-state index contributed by atoms with van der Waals surface area (Å²) in [5.41, 5.74) is 1.37. The number of carbonyl (C=O) groups excluding carboxylic acids is 1. The van der Waals surface area contributed by atoms with E-state index in [1.54, 1.807) is 19.1 Å². The highest BCUT2D eigenvalue weighted by Crippen LogP contribution is 2.25. The highest BCUT2D eigenvalue weighted by Gasteiger charge is 2.20. The number of nitrogens with one attached hydrogen (secondary N) is 1. The van der Waals surface area contributed by atoms with Crippen LogP contribution in [0.2, 0.25) is 0 Å². The zero-order valence-electron chi connectivity index (χ0n) is 13.4. The van der Waals surface area contributed by atoms with E-state index in [2.05, 4.69) is 15.5 Å². The summed E-state index contributed by atoms with van der Waals surface area (Å²) in [7, 11) is 0. The molecule has 1 atom stereocenters. The molecule has 3 N–H and O–H groups in total. The number of hydrogen-bond donors (Lipinski definition) is 2. The number of thioether (sulfide) groups is 1. The monoisotopic (exact) mass is 357 g/mol. The second-order valence-corrected chi connectivity index (χ2v) is 6.61. The van der Waals surface area contributed by atoms with Crippen molar-refractivity contribution in [3.05, 3.63) is 60.4 Å². The van der Waals surface area contributed by atoms with Gasteiger partial charge in [-0.2, -0.15) is 0 Å². The van der Waals surface area contributed by atoms with Crippen molar-refractivity contribution in [1.29, 1.82) is 0 Å². The van der Waals surface area contributed by atoms with Crippen molar-refractivity contribution in [2.45, 2.75) is 17.3 Å². The zero-order valence-corrected chi connectivity index (χ0v) is 14.2. The fraction of sp³-hybridized carbons (Fsp3) is 0.118. The molecule has 0 aliphatic rings. The van der Waals surface area contributed by atoms with Gasteiger partial charge in [0.2, 0.25) is 11.1 Å². The molecule has 2 aromatic carbocycles. The van der Waals surface area contributed by atoms with Crippen LogP contribution in [0.3, 0.4) is 0 Å². The molecule has 0 saturated heterocycles. The van der Waals surface area contributed by atoms with E-state index < -0.39 is 5.25 Å². The Morgan fingerprint density at radius 2 is 1.84 bits per heavy atom. The number of para-hydroxylation sites is 1. The van der Waals surface area contributed by atoms with Crippen LogP contribution in [0, 0.1) is 5.82 Å². The summed E-state index contributed by atoms with van der Waals surface area (Å²) >= 11 is 1.19. The predicted octanol–water partition coefficient (Wildman–Crippen LogP) is 2.92. The number of anilines is 1. The van der Waals surface area contributed by atoms with E-state index in [0.29, 0.717) is 16.5 Å². The van der Waals surface area contributed by atoms with Crippen LogP contribution in [0.25, 0.3) is 11.4 Å². The SMILES string of the molecule is C[C@@H](Sc1nnc(-c2ccc(F)cc2)n1N)C(=O)Nc1ccccc1. The molecule has 3 aromatic rings. The third-order valence-corrected chi connectivity index (χ3v) is 4.52. The minimum Gasteiger partial charge on any atom is -0.335 e. The zero-order chi connectivity index (χ0) is 17.8. The van der Waals surface area contributed by atoms with E-state index in [-0.39, 0.29) is 11.7 Å². The van der Waals surface area contributed by atoms with Crippen molar-refractivity contribution in [2.24, 2.45) is 0 Å². The quantitative estimate of drug-likeness (QED) is 0.542. The lowest BCUT2D eigenvalue weighted by atomic mass is 10.2. The molecule has 3 rings (SSSR count). The number of aromatic nitrogens is 3. The van der Waals surface area contributed by atoms with Gasteiger partial charge in [-0.25, -0.2) is 9.07 Å². The Morgan fingerprint density at radius 1 is 1.16 bits per heavy atom. The van der Waals surface area contributed by atoms with Crippen LogP contribution in [0.4, 0.5) is 10.1 Å². The van der Waals surface area contributed by atoms with Gasteiger partial charge in [0.05, 0.1) is 5.25 Å². The van der Waals surface area contributed by atoms with Crippen LogP contribution < -0.4 is 11.2 Å². The number of amides is 1. The maximum Gasteiger partial charge on any atom is 0.237 e. The molecule has 0 spiro atoms. The fourth-order valence-corrected chi connectivity index (χ4v) is 2.90. The van der Waals surface area contributed by atoms with Gasteiger partial charge >= 0.3 is 0 Å². The third kappa shape index (κ3) is 3.97. The molecule has 0 unspecified atom stereocenters. The van der Waals surface area contributed by atoms with Crippen LogP contribution in [-0.4, -0.2) is 26.0 Å². The van der Waals surface area contributed by atoms with Gasteiger partial charge in [-0.3, -0.25) is 4.79 Å². The van der Waals surface area contributed by atoms with Gasteiger partial charge in [-0.05, 0) is 43.3 Å². The summed E-state index contributed by atoms with van der Waals surface area (Å²) < 4.78 is 14.3. The molecule has 0 bridgehead atoms. The number of nitrogen functional groups attached to an aromatic ring is 1. The van der Waals surface area contributed by atoms with Crippen LogP contribution in [0.5, 0.6) is 0 Å². The first-order valence-electron chi connectivity index (χ1n) is 7.53. The molecule has 0 saturated carbocycles. The summed E-state index contributed by atoms with van der Waals surface area (Å²) in [6.07, 6.45) is 0. The van der Waals surface area contributed by atoms with Gasteiger partial charge in [0, 0.05) is 11.3 Å². The highest BCUT2D eigenvalue weighted by molar-refractivity contribution is 8.00. The van der Waals surface area contributed by atoms with Gasteiger partial charge < -0.3 is 11.2 Å². The van der Waals surface area contributed by atoms with Crippen LogP contribution in [0.1, 0.15) is 6.92 Å². The molecule has 1 heterocycles. The van der Waals surface area contributed by atoms with Crippen molar-refractivity contribution in [3.63, 3.8) is 0 Å². The van der Waals surface area contributed by atoms with Gasteiger partial charge in [0.1, 0.15) is 5.82 Å². The number of nitrogens with two attached hydrogens (primary N) is 1. The van der Waals surface area contributed by atoms with Crippen LogP contribution in [0.15, 0.2) is 59.8 Å². The molecule has 1 aromatic heterocycles. The summed E-state index contributed by atoms with van der Waals surface area (Å²) in [5.74, 6) is 5.92. The molecule has 0 aliphatic heterocycles. The molecule has 0 fully saturated rings. The first-order valence-corrected chi connectivity index (χ1v) is 8.41. The molecule has 0 radical (unpaired) electrons. The Hall–Kier alpha value is -2.87. The number of nitrogens with zero attached hydrogens (tertiary/aromatic N) is 3. The van der Waals surface area contributed by atoms with Gasteiger partial charge in [-0.1, -0.05) is 30.0 Å². The third-order valence-electron chi connectivity index (χ3n) is 3.46. The Bertz CT molecular complexity index is 867. The van der Waals surface area contributed by atoms with E-state index in [9.17, 15) is 9.18 Å². The average molecular weight is 357 g/mol. The van der Waals surface area contributed by atoms with Crippen molar-refractivity contribution in [2.75, 3.05) is 11.2 Å². The van der Waals surface area contributed by atoms with Crippen molar-refractivity contribution >= 4 is 23.4 Å². The fourth-order valence-electron chi connectivity index (χ4n) is 2.13. The molecule has 8 heteroatoms. The second-order valence-electron chi connectivity index (χ2n) is 5.30. The minimum atomic E-state index is -0.423. The number of carbonyl (C=O) groups is 1. The van der Waals surface area contributed by atoms with E-state index in [0.717, 1.165) is 5.69 Å². The van der Waals surface area contributed by atoms with E-state index >= 15 is 0 Å². The predicted molar refractivity (Wildman–Crippen MR) is 96.0 cm³/mol. The normalized spacial score (nSPS) is 11.9. The largest absolute Gasteiger partial charge is 0.335 e. The topological polar surface area (TPSA) is 85.8 Å². The van der Waals surface area contributed by atoms with Crippen LogP contribution >= 0.6 is 11.8 Å². The second kappa shape index (κ2) is 7.35. The van der Waals surface area contributed by atoms with E-state index in [1.165, 1.54) is 28.6 Å². The van der Waals surface area contributed by atoms with E-state index in [4.69, 9.17) is 5.84 Å². The Morgan fingerprint density at radius 3 is 2.52 bits per heavy atom. The lowest BCUT2D eigenvalue weighted by molar-refractivity contribution is -0.115. The minimum absolute atomic E-state index is 0.164. The lowest BCUT2D eigenvalue weighted by Crippen LogP contribution is -2.23. The highest BCUT2D eigenvalue weighted by atomic mass is 32.2. The number of hydrogen-bond acceptors (Lipinski definition) is 5. The number of benzene rings is 2. The summed E-state index contributed by atoms with van der Waals surface area (Å²) in [6, 6.07) is 15.0. The van der Waals surface area contributed by atoms with Gasteiger partial charge in [0.25, 0.3) is 0 Å². The van der Waals surface area contributed by atoms with Crippen molar-refractivity contribution in [1.82, 2.24) is 14.9 Å². The van der Waals surface area contributed by atoms with E-state index in [1.807, 2.05) is 30.3 Å². The summed E-state index contributed by atoms with van der Waals surface area (Å²) in [4.78, 5) is 12.3. The molecule has 0 aliphatic carbocycles. The molecule has 6 nitrogen and oxygen atoms in total. The average Bonchev–Trinajstić information content (AvgIpc) is 2.97. The van der Waals surface area contributed by atoms with Gasteiger partial charge in [0.15, 0.2) is 5.82 Å². The van der Waals surface area contributed by atoms with Crippen molar-refractivity contribution in [3.8, 4) is 11.4 Å². The Balaban J connectivity index is 1.70. The van der Waals surface area contributed by atoms with Crippen molar-refractivity contribution < 1.29 is 9.18 Å². The molecule has 1 amide bonds. The van der Waals surface area contributed by atoms with Crippen LogP contribution in [-0.2, 0) is 4.79 Å². The number of halogens is 1. The molecular weight excluding hydrogens is 341 g/mol. The standard InChI is InChI=1S/C17H16FN5OS/c1-11(16(24)20-14-5-3-2-4-6-14)25-17-22-21-15(23(17)19)12-7-9-13(18)10-8-12/h2-11H,19H2,1H3,(H,20,24)/t11-/m1/s1. The smallest absolute Gasteiger partial charge is 0.237 e. The number of rotatable bonds is 5. The maximum absolute atomic E-state index is 13.0. The molecule has 25 heavy (non-hydrogen) atoms.